The molecule has 9 heteroatoms. The lowest BCUT2D eigenvalue weighted by molar-refractivity contribution is -0.119. The average molecular weight is 410 g/mol. The number of fused-ring (bicyclic) bond motifs is 1. The van der Waals surface area contributed by atoms with Gasteiger partial charge in [-0.3, -0.25) is 4.79 Å². The molecular weight excluding hydrogens is 394 g/mol. The first-order chi connectivity index (χ1) is 14.0. The minimum Gasteiger partial charge on any atom is -0.478 e. The molecule has 2 unspecified atom stereocenters. The van der Waals surface area contributed by atoms with E-state index in [0.717, 1.165) is 5.56 Å². The number of amides is 1. The first-order valence-electron chi connectivity index (χ1n) is 8.70. The number of aromatic carboxylic acids is 1. The molecule has 0 radical (unpaired) electrons. The van der Waals surface area contributed by atoms with Crippen LogP contribution in [0.3, 0.4) is 0 Å². The van der Waals surface area contributed by atoms with Crippen LogP contribution in [0.15, 0.2) is 60.9 Å². The molecule has 1 aliphatic heterocycles. The predicted molar refractivity (Wildman–Crippen MR) is 108 cm³/mol. The summed E-state index contributed by atoms with van der Waals surface area (Å²) in [5.74, 6) is -1.45. The van der Waals surface area contributed by atoms with Crippen molar-refractivity contribution in [1.29, 1.82) is 0 Å². The number of carboxylic acid groups (broad SMARTS) is 1. The Labute approximate surface area is 171 Å². The maximum Gasteiger partial charge on any atom is 0.338 e. The fourth-order valence-electron chi connectivity index (χ4n) is 3.49. The molecule has 3 aromatic rings. The van der Waals surface area contributed by atoms with E-state index in [1.807, 2.05) is 30.3 Å². The topological polar surface area (TPSA) is 121 Å². The number of halogens is 1. The highest BCUT2D eigenvalue weighted by atomic mass is 35.5. The van der Waals surface area contributed by atoms with Crippen LogP contribution in [0.2, 0.25) is 5.15 Å². The fraction of sp³-hybridized carbons (Fsp3) is 0.100. The molecule has 1 aromatic carbocycles. The molecule has 2 atom stereocenters. The molecule has 0 aliphatic carbocycles. The van der Waals surface area contributed by atoms with E-state index in [4.69, 9.17) is 17.3 Å². The van der Waals surface area contributed by atoms with Crippen molar-refractivity contribution in [3.8, 4) is 0 Å². The summed E-state index contributed by atoms with van der Waals surface area (Å²) in [5.41, 5.74) is 7.37. The van der Waals surface area contributed by atoms with Crippen molar-refractivity contribution in [1.82, 2.24) is 9.97 Å². The van der Waals surface area contributed by atoms with Crippen molar-refractivity contribution in [2.75, 3.05) is 10.2 Å². The van der Waals surface area contributed by atoms with Gasteiger partial charge in [-0.25, -0.2) is 14.8 Å². The van der Waals surface area contributed by atoms with E-state index in [9.17, 15) is 14.7 Å². The van der Waals surface area contributed by atoms with Crippen LogP contribution >= 0.6 is 11.6 Å². The summed E-state index contributed by atoms with van der Waals surface area (Å²) in [4.78, 5) is 34.4. The van der Waals surface area contributed by atoms with Crippen molar-refractivity contribution >= 4 is 35.0 Å². The Morgan fingerprint density at radius 3 is 2.52 bits per heavy atom. The quantitative estimate of drug-likeness (QED) is 0.554. The van der Waals surface area contributed by atoms with Gasteiger partial charge in [0.05, 0.1) is 11.3 Å². The maximum absolute atomic E-state index is 12.6. The zero-order valence-electron chi connectivity index (χ0n) is 15.0. The van der Waals surface area contributed by atoms with Gasteiger partial charge in [0, 0.05) is 18.0 Å². The van der Waals surface area contributed by atoms with E-state index in [1.165, 1.54) is 18.5 Å². The van der Waals surface area contributed by atoms with E-state index >= 15 is 0 Å². The number of pyridine rings is 2. The number of carboxylic acids is 1. The number of nitrogens with one attached hydrogen (secondary N) is 1. The van der Waals surface area contributed by atoms with Gasteiger partial charge in [0.15, 0.2) is 5.82 Å². The van der Waals surface area contributed by atoms with Crippen LogP contribution in [0.4, 0.5) is 11.5 Å². The summed E-state index contributed by atoms with van der Waals surface area (Å²) in [6.45, 7) is 0. The molecule has 4 rings (SSSR count). The summed E-state index contributed by atoms with van der Waals surface area (Å²) >= 11 is 5.89. The van der Waals surface area contributed by atoms with Crippen molar-refractivity contribution in [2.45, 2.75) is 12.2 Å². The molecule has 3 heterocycles. The lowest BCUT2D eigenvalue weighted by Gasteiger charge is -2.33. The Bertz CT molecular complexity index is 1080. The Balaban J connectivity index is 1.93. The minimum absolute atomic E-state index is 0.00843. The van der Waals surface area contributed by atoms with Crippen molar-refractivity contribution in [2.24, 2.45) is 5.73 Å². The Morgan fingerprint density at radius 1 is 1.14 bits per heavy atom. The molecule has 8 nitrogen and oxygen atoms in total. The molecule has 0 fully saturated rings. The van der Waals surface area contributed by atoms with Gasteiger partial charge < -0.3 is 21.1 Å². The first-order valence-corrected chi connectivity index (χ1v) is 9.08. The van der Waals surface area contributed by atoms with Gasteiger partial charge in [0.2, 0.25) is 5.91 Å². The molecule has 0 saturated heterocycles. The van der Waals surface area contributed by atoms with Gasteiger partial charge in [0.25, 0.3) is 0 Å². The van der Waals surface area contributed by atoms with Crippen molar-refractivity contribution < 1.29 is 14.7 Å². The zero-order chi connectivity index (χ0) is 20.5. The van der Waals surface area contributed by atoms with E-state index < -0.39 is 24.1 Å². The Hall–Kier alpha value is -3.65. The number of carbonyl (C=O) groups is 2. The van der Waals surface area contributed by atoms with Gasteiger partial charge in [-0.2, -0.15) is 0 Å². The summed E-state index contributed by atoms with van der Waals surface area (Å²) in [5, 5.41) is 13.2. The number of primary amides is 1. The third kappa shape index (κ3) is 3.34. The number of anilines is 2. The number of rotatable bonds is 5. The smallest absolute Gasteiger partial charge is 0.338 e. The van der Waals surface area contributed by atoms with Gasteiger partial charge in [-0.05, 0) is 17.7 Å². The number of nitrogens with two attached hydrogens (primary N) is 1. The first kappa shape index (κ1) is 18.7. The summed E-state index contributed by atoms with van der Waals surface area (Å²) in [6.07, 6.45) is 2.30. The van der Waals surface area contributed by atoms with Crippen LogP contribution in [-0.4, -0.2) is 27.0 Å². The highest BCUT2D eigenvalue weighted by Gasteiger charge is 2.41. The van der Waals surface area contributed by atoms with E-state index in [2.05, 4.69) is 15.3 Å². The number of carbonyl (C=O) groups excluding carboxylic acids is 1. The highest BCUT2D eigenvalue weighted by molar-refractivity contribution is 6.29. The summed E-state index contributed by atoms with van der Waals surface area (Å²) in [7, 11) is 0. The lowest BCUT2D eigenvalue weighted by Crippen LogP contribution is -2.40. The second kappa shape index (κ2) is 7.40. The van der Waals surface area contributed by atoms with Crippen LogP contribution in [-0.2, 0) is 4.79 Å². The molecule has 0 bridgehead atoms. The largest absolute Gasteiger partial charge is 0.478 e. The molecule has 29 heavy (non-hydrogen) atoms. The van der Waals surface area contributed by atoms with Crippen LogP contribution in [0.1, 0.15) is 33.7 Å². The average Bonchev–Trinajstić information content (AvgIpc) is 3.09. The second-order valence-electron chi connectivity index (χ2n) is 6.44. The Kier molecular flexibility index (Phi) is 4.77. The van der Waals surface area contributed by atoms with Gasteiger partial charge in [0.1, 0.15) is 17.4 Å². The lowest BCUT2D eigenvalue weighted by atomic mass is 10.0. The number of hydrogen-bond donors (Lipinski definition) is 3. The van der Waals surface area contributed by atoms with Gasteiger partial charge >= 0.3 is 5.97 Å². The van der Waals surface area contributed by atoms with E-state index in [-0.39, 0.29) is 16.4 Å². The predicted octanol–water partition coefficient (Wildman–Crippen LogP) is 2.99. The molecule has 2 aromatic heterocycles. The standard InChI is InChI=1S/C20H16ClN5O3/c21-14-7-6-12(10-24-14)15(17(22)27)26-16-13(20(28)29)8-9-23-18(16)25-19(26)11-4-2-1-3-5-11/h1-10,15,19H,(H2,22,27)(H,23,25)(H,28,29). The molecule has 1 amide bonds. The SMILES string of the molecule is NC(=O)C(c1ccc(Cl)nc1)N1c2c(C(=O)O)ccnc2NC1c1ccccc1. The summed E-state index contributed by atoms with van der Waals surface area (Å²) in [6, 6.07) is 12.9. The van der Waals surface area contributed by atoms with Crippen LogP contribution in [0, 0.1) is 0 Å². The van der Waals surface area contributed by atoms with Gasteiger partial charge in [-0.1, -0.05) is 48.0 Å². The van der Waals surface area contributed by atoms with Gasteiger partial charge in [-0.15, -0.1) is 0 Å². The number of benzene rings is 1. The summed E-state index contributed by atoms with van der Waals surface area (Å²) < 4.78 is 0. The Morgan fingerprint density at radius 2 is 1.90 bits per heavy atom. The molecule has 4 N–H and O–H groups in total. The minimum atomic E-state index is -1.14. The molecule has 0 spiro atoms. The third-order valence-corrected chi connectivity index (χ3v) is 4.92. The zero-order valence-corrected chi connectivity index (χ0v) is 15.7. The molecule has 146 valence electrons. The van der Waals surface area contributed by atoms with E-state index in [1.54, 1.807) is 17.0 Å². The monoisotopic (exact) mass is 409 g/mol. The van der Waals surface area contributed by atoms with Crippen LogP contribution in [0.5, 0.6) is 0 Å². The fourth-order valence-corrected chi connectivity index (χ4v) is 3.60. The molecule has 0 saturated carbocycles. The normalized spacial score (nSPS) is 16.0. The second-order valence-corrected chi connectivity index (χ2v) is 6.83. The van der Waals surface area contributed by atoms with E-state index in [0.29, 0.717) is 11.4 Å². The van der Waals surface area contributed by atoms with Crippen molar-refractivity contribution in [3.05, 3.63) is 82.8 Å². The number of hydrogen-bond acceptors (Lipinski definition) is 6. The number of nitrogens with zero attached hydrogens (tertiary/aromatic N) is 3. The number of aromatic nitrogens is 2. The molecular formula is C20H16ClN5O3. The van der Waals surface area contributed by atoms with Crippen LogP contribution in [0.25, 0.3) is 0 Å². The van der Waals surface area contributed by atoms with Crippen LogP contribution < -0.4 is 16.0 Å². The maximum atomic E-state index is 12.6. The van der Waals surface area contributed by atoms with Crippen molar-refractivity contribution in [3.63, 3.8) is 0 Å². The molecule has 1 aliphatic rings. The third-order valence-electron chi connectivity index (χ3n) is 4.69. The highest BCUT2D eigenvalue weighted by Crippen LogP contribution is 2.46.